The fourth-order valence-electron chi connectivity index (χ4n) is 0.654. The maximum absolute atomic E-state index is 3.81. The summed E-state index contributed by atoms with van der Waals surface area (Å²) in [6.45, 7) is 11.5. The average molecular weight is 137 g/mol. The molecule has 0 unspecified atom stereocenters. The minimum absolute atomic E-state index is 0.947. The third-order valence-corrected chi connectivity index (χ3v) is 1.24. The molecule has 0 spiro atoms. The van der Waals surface area contributed by atoms with Gasteiger partial charge in [-0.2, -0.15) is 0 Å². The molecular formula is C9H15N. The zero-order valence-electron chi connectivity index (χ0n) is 6.99. The van der Waals surface area contributed by atoms with Gasteiger partial charge in [-0.05, 0) is 19.4 Å². The highest BCUT2D eigenvalue weighted by molar-refractivity contribution is 5.30. The monoisotopic (exact) mass is 137 g/mol. The second-order valence-electron chi connectivity index (χ2n) is 2.40. The van der Waals surface area contributed by atoms with Crippen molar-refractivity contribution < 1.29 is 0 Å². The van der Waals surface area contributed by atoms with Gasteiger partial charge in [-0.1, -0.05) is 24.8 Å². The third kappa shape index (κ3) is 3.13. The zero-order valence-corrected chi connectivity index (χ0v) is 6.99. The zero-order chi connectivity index (χ0) is 8.15. The Kier molecular flexibility index (Phi) is 3.55. The first kappa shape index (κ1) is 9.02. The summed E-state index contributed by atoms with van der Waals surface area (Å²) in [6.07, 6.45) is 2.00. The van der Waals surface area contributed by atoms with E-state index in [1.165, 1.54) is 0 Å². The molecule has 0 aromatic carbocycles. The van der Waals surface area contributed by atoms with Crippen LogP contribution in [0.3, 0.4) is 0 Å². The van der Waals surface area contributed by atoms with E-state index in [0.717, 1.165) is 16.8 Å². The predicted octanol–water partition coefficient (Wildman–Crippen LogP) is 2.24. The van der Waals surface area contributed by atoms with Gasteiger partial charge in [0, 0.05) is 12.7 Å². The fraction of sp³-hybridized carbons (Fsp3) is 0.333. The van der Waals surface area contributed by atoms with Gasteiger partial charge >= 0.3 is 0 Å². The van der Waals surface area contributed by atoms with Crippen molar-refractivity contribution in [3.63, 3.8) is 0 Å². The Bertz CT molecular complexity index is 175. The van der Waals surface area contributed by atoms with Gasteiger partial charge in [-0.25, -0.2) is 0 Å². The van der Waals surface area contributed by atoms with E-state index in [9.17, 15) is 0 Å². The molecular weight excluding hydrogens is 122 g/mol. The summed E-state index contributed by atoms with van der Waals surface area (Å²) in [5.74, 6) is 0. The summed E-state index contributed by atoms with van der Waals surface area (Å²) in [5, 5.41) is 2.97. The van der Waals surface area contributed by atoms with Crippen molar-refractivity contribution in [3.05, 3.63) is 36.1 Å². The number of allylic oxidation sites excluding steroid dienone is 3. The number of rotatable bonds is 3. The second kappa shape index (κ2) is 3.94. The molecule has 0 fully saturated rings. The molecule has 0 rings (SSSR count). The highest BCUT2D eigenvalue weighted by atomic mass is 14.8. The maximum Gasteiger partial charge on any atom is 0.0294 e. The summed E-state index contributed by atoms with van der Waals surface area (Å²) in [4.78, 5) is 0. The lowest BCUT2D eigenvalue weighted by Gasteiger charge is -2.03. The lowest BCUT2D eigenvalue weighted by atomic mass is 10.2. The number of nitrogens with one attached hydrogen (secondary N) is 1. The Morgan fingerprint density at radius 1 is 1.30 bits per heavy atom. The molecule has 1 N–H and O–H groups in total. The molecule has 0 radical (unpaired) electrons. The first-order chi connectivity index (χ1) is 4.57. The van der Waals surface area contributed by atoms with E-state index >= 15 is 0 Å². The van der Waals surface area contributed by atoms with Crippen molar-refractivity contribution in [3.8, 4) is 0 Å². The molecule has 0 aromatic rings. The molecule has 0 aliphatic carbocycles. The van der Waals surface area contributed by atoms with Crippen LogP contribution in [0.2, 0.25) is 0 Å². The quantitative estimate of drug-likeness (QED) is 0.588. The standard InChI is InChI=1S/C9H15N/c1-7(2)6-8(3)9(4)10-5/h6,10H,1,4H2,2-3,5H3/b8-6+. The number of hydrogen-bond acceptors (Lipinski definition) is 1. The minimum Gasteiger partial charge on any atom is -0.388 e. The van der Waals surface area contributed by atoms with E-state index in [4.69, 9.17) is 0 Å². The average Bonchev–Trinajstić information content (AvgIpc) is 1.85. The van der Waals surface area contributed by atoms with Gasteiger partial charge in [0.05, 0.1) is 0 Å². The van der Waals surface area contributed by atoms with Crippen LogP contribution in [0.4, 0.5) is 0 Å². The van der Waals surface area contributed by atoms with Crippen LogP contribution in [0.15, 0.2) is 36.1 Å². The predicted molar refractivity (Wildman–Crippen MR) is 46.8 cm³/mol. The first-order valence-electron chi connectivity index (χ1n) is 3.28. The van der Waals surface area contributed by atoms with Crippen molar-refractivity contribution >= 4 is 0 Å². The Labute approximate surface area is 63.1 Å². The Morgan fingerprint density at radius 2 is 1.80 bits per heavy atom. The van der Waals surface area contributed by atoms with Gasteiger partial charge in [-0.3, -0.25) is 0 Å². The lowest BCUT2D eigenvalue weighted by molar-refractivity contribution is 1.01. The summed E-state index contributed by atoms with van der Waals surface area (Å²) in [7, 11) is 1.86. The van der Waals surface area contributed by atoms with Gasteiger partial charge < -0.3 is 5.32 Å². The van der Waals surface area contributed by atoms with Crippen molar-refractivity contribution in [2.24, 2.45) is 0 Å². The Morgan fingerprint density at radius 3 is 2.10 bits per heavy atom. The van der Waals surface area contributed by atoms with Crippen molar-refractivity contribution in [2.45, 2.75) is 13.8 Å². The van der Waals surface area contributed by atoms with Crippen LogP contribution in [0.5, 0.6) is 0 Å². The van der Waals surface area contributed by atoms with Crippen LogP contribution >= 0.6 is 0 Å². The third-order valence-electron chi connectivity index (χ3n) is 1.24. The molecule has 0 saturated heterocycles. The molecule has 56 valence electrons. The van der Waals surface area contributed by atoms with E-state index in [1.54, 1.807) is 0 Å². The van der Waals surface area contributed by atoms with Crippen LogP contribution in [-0.2, 0) is 0 Å². The maximum atomic E-state index is 3.81. The molecule has 0 atom stereocenters. The highest BCUT2D eigenvalue weighted by Gasteiger charge is 1.90. The molecule has 1 nitrogen and oxygen atoms in total. The van der Waals surface area contributed by atoms with Crippen LogP contribution in [-0.4, -0.2) is 7.05 Å². The van der Waals surface area contributed by atoms with Crippen LogP contribution < -0.4 is 5.32 Å². The van der Waals surface area contributed by atoms with E-state index in [2.05, 4.69) is 18.5 Å². The van der Waals surface area contributed by atoms with E-state index in [0.29, 0.717) is 0 Å². The molecule has 0 heterocycles. The summed E-state index contributed by atoms with van der Waals surface area (Å²) < 4.78 is 0. The molecule has 10 heavy (non-hydrogen) atoms. The fourth-order valence-corrected chi connectivity index (χ4v) is 0.654. The molecule has 0 amide bonds. The normalized spacial score (nSPS) is 10.9. The van der Waals surface area contributed by atoms with Crippen molar-refractivity contribution in [1.29, 1.82) is 0 Å². The van der Waals surface area contributed by atoms with Gasteiger partial charge in [0.2, 0.25) is 0 Å². The van der Waals surface area contributed by atoms with E-state index in [1.807, 2.05) is 27.0 Å². The lowest BCUT2D eigenvalue weighted by Crippen LogP contribution is -2.04. The Hall–Kier alpha value is -0.980. The molecule has 0 bridgehead atoms. The van der Waals surface area contributed by atoms with Crippen LogP contribution in [0.1, 0.15) is 13.8 Å². The Balaban J connectivity index is 4.19. The van der Waals surface area contributed by atoms with E-state index in [-0.39, 0.29) is 0 Å². The van der Waals surface area contributed by atoms with Crippen molar-refractivity contribution in [2.75, 3.05) is 7.05 Å². The van der Waals surface area contributed by atoms with Crippen LogP contribution in [0.25, 0.3) is 0 Å². The topological polar surface area (TPSA) is 12.0 Å². The van der Waals surface area contributed by atoms with E-state index < -0.39 is 0 Å². The molecule has 0 aromatic heterocycles. The largest absolute Gasteiger partial charge is 0.388 e. The van der Waals surface area contributed by atoms with Crippen LogP contribution in [0, 0.1) is 0 Å². The van der Waals surface area contributed by atoms with Gasteiger partial charge in [0.1, 0.15) is 0 Å². The summed E-state index contributed by atoms with van der Waals surface area (Å²) >= 11 is 0. The summed E-state index contributed by atoms with van der Waals surface area (Å²) in [6, 6.07) is 0. The minimum atomic E-state index is 0.947. The first-order valence-corrected chi connectivity index (χ1v) is 3.28. The van der Waals surface area contributed by atoms with Gasteiger partial charge in [-0.15, -0.1) is 0 Å². The number of likely N-dealkylation sites (N-methyl/N-ethyl adjacent to an activating group) is 1. The smallest absolute Gasteiger partial charge is 0.0294 e. The summed E-state index contributed by atoms with van der Waals surface area (Å²) in [5.41, 5.74) is 3.13. The number of hydrogen-bond donors (Lipinski definition) is 1. The SMILES string of the molecule is C=C(C)/C=C(\C)C(=C)NC. The highest BCUT2D eigenvalue weighted by Crippen LogP contribution is 2.05. The molecule has 1 heteroatoms. The molecule has 0 aliphatic heterocycles. The molecule has 0 saturated carbocycles. The van der Waals surface area contributed by atoms with Gasteiger partial charge in [0.25, 0.3) is 0 Å². The van der Waals surface area contributed by atoms with Crippen molar-refractivity contribution in [1.82, 2.24) is 5.32 Å². The molecule has 0 aliphatic rings. The second-order valence-corrected chi connectivity index (χ2v) is 2.40. The van der Waals surface area contributed by atoms with Gasteiger partial charge in [0.15, 0.2) is 0 Å².